The van der Waals surface area contributed by atoms with Crippen LogP contribution in [0.3, 0.4) is 0 Å². The fourth-order valence-electron chi connectivity index (χ4n) is 6.31. The van der Waals surface area contributed by atoms with Gasteiger partial charge >= 0.3 is 12.3 Å². The molecule has 6 rings (SSSR count). The van der Waals surface area contributed by atoms with Crippen molar-refractivity contribution >= 4 is 17.9 Å². The van der Waals surface area contributed by atoms with E-state index < -0.39 is 45.9 Å². The van der Waals surface area contributed by atoms with E-state index >= 15 is 0 Å². The zero-order valence-electron chi connectivity index (χ0n) is 25.1. The van der Waals surface area contributed by atoms with Gasteiger partial charge in [0.1, 0.15) is 5.60 Å². The van der Waals surface area contributed by atoms with E-state index in [0.29, 0.717) is 31.4 Å². The highest BCUT2D eigenvalue weighted by molar-refractivity contribution is 8.00. The Hall–Kier alpha value is -3.24. The summed E-state index contributed by atoms with van der Waals surface area (Å²) in [7, 11) is 0. The first-order valence-electron chi connectivity index (χ1n) is 15.1. The lowest BCUT2D eigenvalue weighted by molar-refractivity contribution is -0.137. The molecule has 0 radical (unpaired) electrons. The third-order valence-corrected chi connectivity index (χ3v) is 9.72. The number of nitrogens with zero attached hydrogens (tertiary/aromatic N) is 2. The maximum atomic E-state index is 14.0. The minimum absolute atomic E-state index is 0.184. The van der Waals surface area contributed by atoms with Gasteiger partial charge in [-0.15, -0.1) is 0 Å². The smallest absolute Gasteiger partial charge is 0.417 e. The van der Waals surface area contributed by atoms with Crippen molar-refractivity contribution in [2.45, 2.75) is 92.0 Å². The number of ether oxygens (including phenoxy) is 3. The van der Waals surface area contributed by atoms with E-state index in [0.717, 1.165) is 29.5 Å². The second kappa shape index (κ2) is 11.6. The van der Waals surface area contributed by atoms with Crippen molar-refractivity contribution in [3.8, 4) is 5.88 Å². The van der Waals surface area contributed by atoms with Gasteiger partial charge in [0, 0.05) is 42.0 Å². The maximum absolute atomic E-state index is 14.0. The van der Waals surface area contributed by atoms with Crippen LogP contribution < -0.4 is 4.74 Å². The van der Waals surface area contributed by atoms with Gasteiger partial charge in [0.2, 0.25) is 5.88 Å². The van der Waals surface area contributed by atoms with Crippen LogP contribution in [-0.4, -0.2) is 45.3 Å². The lowest BCUT2D eigenvalue weighted by atomic mass is 9.76. The van der Waals surface area contributed by atoms with E-state index in [2.05, 4.69) is 4.98 Å². The summed E-state index contributed by atoms with van der Waals surface area (Å²) >= 11 is 1.57. The molecule has 2 saturated heterocycles. The largest absolute Gasteiger partial charge is 0.459 e. The molecule has 1 amide bonds. The molecule has 0 unspecified atom stereocenters. The SMILES string of the molecule is CC(C)(C)OC(=O)N1CCC[C@@]2(C[C@H](c3cc(C(F)(F)F)cnc3OC3(Sc4ccccc4)CC3)CO2)[C@@H]1c1ccccc1. The Morgan fingerprint density at radius 2 is 1.70 bits per heavy atom. The molecule has 0 bridgehead atoms. The Bertz CT molecular complexity index is 1480. The van der Waals surface area contributed by atoms with Crippen LogP contribution in [0.1, 0.15) is 81.5 Å². The van der Waals surface area contributed by atoms with Crippen LogP contribution in [0.5, 0.6) is 5.88 Å². The van der Waals surface area contributed by atoms with E-state index in [4.69, 9.17) is 14.2 Å². The van der Waals surface area contributed by atoms with Crippen molar-refractivity contribution < 1.29 is 32.2 Å². The number of benzene rings is 2. The number of thioether (sulfide) groups is 1. The van der Waals surface area contributed by atoms with E-state index in [-0.39, 0.29) is 12.5 Å². The molecule has 3 heterocycles. The van der Waals surface area contributed by atoms with Gasteiger partial charge < -0.3 is 14.2 Å². The molecule has 1 saturated carbocycles. The molecule has 1 aliphatic carbocycles. The summed E-state index contributed by atoms with van der Waals surface area (Å²) in [5, 5.41) is 0. The topological polar surface area (TPSA) is 60.9 Å². The maximum Gasteiger partial charge on any atom is 0.417 e. The normalized spacial score (nSPS) is 24.7. The monoisotopic (exact) mass is 626 g/mol. The molecule has 3 aliphatic rings. The molecule has 2 aliphatic heterocycles. The number of carbonyl (C=O) groups is 1. The van der Waals surface area contributed by atoms with Gasteiger partial charge in [-0.1, -0.05) is 60.3 Å². The number of hydrogen-bond donors (Lipinski definition) is 0. The highest BCUT2D eigenvalue weighted by atomic mass is 32.2. The van der Waals surface area contributed by atoms with Gasteiger partial charge in [0.25, 0.3) is 0 Å². The summed E-state index contributed by atoms with van der Waals surface area (Å²) < 4.78 is 60.8. The zero-order chi connectivity index (χ0) is 31.2. The van der Waals surface area contributed by atoms with Crippen LogP contribution >= 0.6 is 11.8 Å². The van der Waals surface area contributed by atoms with Crippen molar-refractivity contribution in [3.63, 3.8) is 0 Å². The second-order valence-electron chi connectivity index (χ2n) is 12.9. The van der Waals surface area contributed by atoms with Crippen molar-refractivity contribution in [1.82, 2.24) is 9.88 Å². The Balaban J connectivity index is 1.34. The first-order chi connectivity index (χ1) is 20.9. The van der Waals surface area contributed by atoms with E-state index in [1.165, 1.54) is 6.07 Å². The molecule has 2 aromatic carbocycles. The Morgan fingerprint density at radius 1 is 1.02 bits per heavy atom. The molecule has 0 N–H and O–H groups in total. The van der Waals surface area contributed by atoms with Gasteiger partial charge in [-0.3, -0.25) is 4.90 Å². The number of rotatable bonds is 6. The predicted octanol–water partition coefficient (Wildman–Crippen LogP) is 8.78. The summed E-state index contributed by atoms with van der Waals surface area (Å²) in [6.45, 7) is 6.16. The number of amides is 1. The second-order valence-corrected chi connectivity index (χ2v) is 14.3. The van der Waals surface area contributed by atoms with Crippen LogP contribution in [0.2, 0.25) is 0 Å². The van der Waals surface area contributed by atoms with Crippen LogP contribution in [-0.2, 0) is 15.7 Å². The Morgan fingerprint density at radius 3 is 2.34 bits per heavy atom. The first-order valence-corrected chi connectivity index (χ1v) is 15.9. The molecule has 10 heteroatoms. The van der Waals surface area contributed by atoms with Gasteiger partial charge in [-0.25, -0.2) is 9.78 Å². The van der Waals surface area contributed by atoms with Crippen molar-refractivity contribution in [2.75, 3.05) is 13.2 Å². The third kappa shape index (κ3) is 6.56. The van der Waals surface area contributed by atoms with Crippen molar-refractivity contribution in [1.29, 1.82) is 0 Å². The molecule has 3 aromatic rings. The fourth-order valence-corrected chi connectivity index (χ4v) is 7.46. The number of hydrogen-bond acceptors (Lipinski definition) is 6. The summed E-state index contributed by atoms with van der Waals surface area (Å²) in [5.74, 6) is -0.206. The molecule has 6 nitrogen and oxygen atoms in total. The van der Waals surface area contributed by atoms with Crippen LogP contribution in [0.25, 0.3) is 0 Å². The van der Waals surface area contributed by atoms with E-state index in [9.17, 15) is 18.0 Å². The number of halogens is 3. The van der Waals surface area contributed by atoms with Crippen LogP contribution in [0.15, 0.2) is 77.8 Å². The number of piperidine rings is 1. The van der Waals surface area contributed by atoms with Gasteiger partial charge in [0.05, 0.1) is 23.8 Å². The molecule has 3 fully saturated rings. The summed E-state index contributed by atoms with van der Waals surface area (Å²) in [6.07, 6.45) is -0.875. The standard InChI is InChI=1S/C34H37F3N2O4S/c1-31(2,3)43-30(40)39-18-10-15-32(28(39)23-11-6-4-7-12-23)20-24(22-41-32)27-19-25(34(35,36)37)21-38-29(27)42-33(16-17-33)44-26-13-8-5-9-14-26/h4-9,11-14,19,21,24,28H,10,15-18,20,22H2,1-3H3/t24-,28-,32+/m0/s1. The lowest BCUT2D eigenvalue weighted by Crippen LogP contribution is -2.53. The van der Waals surface area contributed by atoms with Crippen molar-refractivity contribution in [2.24, 2.45) is 0 Å². The van der Waals surface area contributed by atoms with Gasteiger partial charge in [-0.2, -0.15) is 13.2 Å². The number of aromatic nitrogens is 1. The first kappa shape index (κ1) is 30.8. The Labute approximate surface area is 260 Å². The number of pyridine rings is 1. The highest BCUT2D eigenvalue weighted by Gasteiger charge is 2.54. The zero-order valence-corrected chi connectivity index (χ0v) is 25.9. The third-order valence-electron chi connectivity index (χ3n) is 8.35. The molecular formula is C34H37F3N2O4S. The Kier molecular flexibility index (Phi) is 8.11. The molecular weight excluding hydrogens is 589 g/mol. The average Bonchev–Trinajstić information content (AvgIpc) is 3.60. The predicted molar refractivity (Wildman–Crippen MR) is 162 cm³/mol. The van der Waals surface area contributed by atoms with E-state index in [1.807, 2.05) is 81.4 Å². The van der Waals surface area contributed by atoms with Gasteiger partial charge in [0.15, 0.2) is 4.93 Å². The summed E-state index contributed by atoms with van der Waals surface area (Å²) in [6, 6.07) is 20.2. The fraction of sp³-hybridized carbons (Fsp3) is 0.471. The molecule has 44 heavy (non-hydrogen) atoms. The van der Waals surface area contributed by atoms with Crippen LogP contribution in [0, 0.1) is 0 Å². The average molecular weight is 627 g/mol. The number of carbonyl (C=O) groups excluding carboxylic acids is 1. The summed E-state index contributed by atoms with van der Waals surface area (Å²) in [4.78, 5) is 19.9. The minimum atomic E-state index is -4.56. The number of alkyl halides is 3. The summed E-state index contributed by atoms with van der Waals surface area (Å²) in [5.41, 5.74) is -1.04. The quantitative estimate of drug-likeness (QED) is 0.255. The molecule has 3 atom stereocenters. The van der Waals surface area contributed by atoms with Gasteiger partial charge in [-0.05, 0) is 63.8 Å². The van der Waals surface area contributed by atoms with E-state index in [1.54, 1.807) is 16.7 Å². The molecule has 234 valence electrons. The van der Waals surface area contributed by atoms with Crippen LogP contribution in [0.4, 0.5) is 18.0 Å². The minimum Gasteiger partial charge on any atom is -0.459 e. The van der Waals surface area contributed by atoms with Crippen molar-refractivity contribution in [3.05, 3.63) is 89.6 Å². The molecule has 1 aromatic heterocycles. The number of likely N-dealkylation sites (tertiary alicyclic amines) is 1. The highest BCUT2D eigenvalue weighted by Crippen LogP contribution is 2.56. The molecule has 1 spiro atoms. The lowest BCUT2D eigenvalue weighted by Gasteiger charge is -2.47.